The molecule has 1 fully saturated rings. The molecule has 3 heterocycles. The highest BCUT2D eigenvalue weighted by molar-refractivity contribution is 5.91. The fraction of sp³-hybridized carbons (Fsp3) is 0.364. The molecule has 1 aromatic carbocycles. The van der Waals surface area contributed by atoms with Crippen molar-refractivity contribution in [2.75, 3.05) is 13.1 Å². The van der Waals surface area contributed by atoms with Gasteiger partial charge in [0.15, 0.2) is 5.76 Å². The van der Waals surface area contributed by atoms with Crippen LogP contribution in [0.5, 0.6) is 0 Å². The minimum Gasteiger partial charge on any atom is -0.454 e. The van der Waals surface area contributed by atoms with Crippen LogP contribution in [0.25, 0.3) is 0 Å². The number of furan rings is 1. The first-order chi connectivity index (χ1) is 13.7. The molecule has 146 valence electrons. The molecule has 2 aromatic heterocycles. The van der Waals surface area contributed by atoms with Gasteiger partial charge in [-0.3, -0.25) is 9.48 Å². The number of nitrogens with zero attached hydrogens (tertiary/aromatic N) is 3. The highest BCUT2D eigenvalue weighted by Crippen LogP contribution is 2.24. The Morgan fingerprint density at radius 1 is 1.14 bits per heavy atom. The van der Waals surface area contributed by atoms with Crippen LogP contribution in [0.3, 0.4) is 0 Å². The second-order valence-electron chi connectivity index (χ2n) is 7.36. The second kappa shape index (κ2) is 8.44. The summed E-state index contributed by atoms with van der Waals surface area (Å²) in [6.45, 7) is 1.79. The molecule has 0 bridgehead atoms. The number of likely N-dealkylation sites (tertiary alicyclic amines) is 1. The number of hydrogen-bond donors (Lipinski definition) is 1. The zero-order valence-corrected chi connectivity index (χ0v) is 15.8. The molecule has 1 saturated heterocycles. The van der Waals surface area contributed by atoms with Crippen molar-refractivity contribution in [1.82, 2.24) is 14.7 Å². The third-order valence-corrected chi connectivity index (χ3v) is 5.41. The zero-order valence-electron chi connectivity index (χ0n) is 15.8. The highest BCUT2D eigenvalue weighted by Gasteiger charge is 2.29. The Morgan fingerprint density at radius 2 is 1.93 bits per heavy atom. The molecule has 6 nitrogen and oxygen atoms in total. The number of benzene rings is 1. The summed E-state index contributed by atoms with van der Waals surface area (Å²) in [5.41, 5.74) is 1.15. The molecule has 1 amide bonds. The molecule has 0 spiro atoms. The maximum Gasteiger partial charge on any atom is 0.289 e. The maximum atomic E-state index is 12.7. The lowest BCUT2D eigenvalue weighted by molar-refractivity contribution is 0.0446. The van der Waals surface area contributed by atoms with Gasteiger partial charge in [0.1, 0.15) is 5.76 Å². The molecule has 1 aliphatic heterocycles. The van der Waals surface area contributed by atoms with E-state index in [4.69, 9.17) is 4.42 Å². The minimum absolute atomic E-state index is 0.0808. The van der Waals surface area contributed by atoms with Gasteiger partial charge in [-0.2, -0.15) is 5.10 Å². The summed E-state index contributed by atoms with van der Waals surface area (Å²) in [7, 11) is 0. The van der Waals surface area contributed by atoms with E-state index < -0.39 is 0 Å². The number of carbonyl (C=O) groups excluding carboxylic acids is 1. The standard InChI is InChI=1S/C22H25N3O3/c26-20(15-17-5-2-1-3-6-17)18-9-13-24(14-10-18)22(27)21-8-7-19(28-21)16-25-12-4-11-23-25/h1-8,11-12,18,20,26H,9-10,13-16H2/t20-/m1/s1. The topological polar surface area (TPSA) is 71.5 Å². The van der Waals surface area contributed by atoms with Crippen LogP contribution >= 0.6 is 0 Å². The van der Waals surface area contributed by atoms with E-state index in [0.717, 1.165) is 18.4 Å². The van der Waals surface area contributed by atoms with Crippen molar-refractivity contribution in [1.29, 1.82) is 0 Å². The maximum absolute atomic E-state index is 12.7. The van der Waals surface area contributed by atoms with Crippen LogP contribution in [0.1, 0.15) is 34.7 Å². The van der Waals surface area contributed by atoms with Gasteiger partial charge in [-0.25, -0.2) is 0 Å². The van der Waals surface area contributed by atoms with Crippen molar-refractivity contribution < 1.29 is 14.3 Å². The van der Waals surface area contributed by atoms with Gasteiger partial charge in [0.05, 0.1) is 12.6 Å². The average Bonchev–Trinajstić information content (AvgIpc) is 3.41. The molecule has 4 rings (SSSR count). The second-order valence-corrected chi connectivity index (χ2v) is 7.36. The van der Waals surface area contributed by atoms with E-state index in [9.17, 15) is 9.90 Å². The third-order valence-electron chi connectivity index (χ3n) is 5.41. The first-order valence-corrected chi connectivity index (χ1v) is 9.76. The van der Waals surface area contributed by atoms with Gasteiger partial charge in [0, 0.05) is 25.5 Å². The van der Waals surface area contributed by atoms with Gasteiger partial charge in [-0.05, 0) is 48.9 Å². The Hall–Kier alpha value is -2.86. The smallest absolute Gasteiger partial charge is 0.289 e. The fourth-order valence-corrected chi connectivity index (χ4v) is 3.80. The summed E-state index contributed by atoms with van der Waals surface area (Å²) >= 11 is 0. The number of aliphatic hydroxyl groups excluding tert-OH is 1. The zero-order chi connectivity index (χ0) is 19.3. The number of amides is 1. The summed E-state index contributed by atoms with van der Waals surface area (Å²) in [6, 6.07) is 15.5. The fourth-order valence-electron chi connectivity index (χ4n) is 3.80. The van der Waals surface area contributed by atoms with E-state index in [2.05, 4.69) is 5.10 Å². The van der Waals surface area contributed by atoms with E-state index in [0.29, 0.717) is 37.6 Å². The molecule has 6 heteroatoms. The minimum atomic E-state index is -0.371. The van der Waals surface area contributed by atoms with Crippen LogP contribution in [0.4, 0.5) is 0 Å². The molecular weight excluding hydrogens is 354 g/mol. The molecule has 1 aliphatic rings. The molecule has 0 aliphatic carbocycles. The molecular formula is C22H25N3O3. The Bertz CT molecular complexity index is 881. The van der Waals surface area contributed by atoms with E-state index in [1.165, 1.54) is 0 Å². The Labute approximate surface area is 164 Å². The predicted octanol–water partition coefficient (Wildman–Crippen LogP) is 2.98. The Kier molecular flexibility index (Phi) is 5.58. The van der Waals surface area contributed by atoms with Gasteiger partial charge in [-0.15, -0.1) is 0 Å². The summed E-state index contributed by atoms with van der Waals surface area (Å²) in [5.74, 6) is 1.21. The summed E-state index contributed by atoms with van der Waals surface area (Å²) < 4.78 is 7.48. The summed E-state index contributed by atoms with van der Waals surface area (Å²) in [5, 5.41) is 14.7. The number of aromatic nitrogens is 2. The Morgan fingerprint density at radius 3 is 2.64 bits per heavy atom. The Balaban J connectivity index is 1.30. The molecule has 3 aromatic rings. The van der Waals surface area contributed by atoms with Crippen LogP contribution in [-0.2, 0) is 13.0 Å². The SMILES string of the molecule is O=C(c1ccc(Cn2cccn2)o1)N1CCC([C@H](O)Cc2ccccc2)CC1. The number of carbonyl (C=O) groups is 1. The lowest BCUT2D eigenvalue weighted by atomic mass is 9.88. The molecule has 1 atom stereocenters. The van der Waals surface area contributed by atoms with Gasteiger partial charge in [0.2, 0.25) is 0 Å². The van der Waals surface area contributed by atoms with Crippen LogP contribution in [-0.4, -0.2) is 44.9 Å². The van der Waals surface area contributed by atoms with Crippen LogP contribution in [0.2, 0.25) is 0 Å². The van der Waals surface area contributed by atoms with E-state index in [1.807, 2.05) is 53.6 Å². The van der Waals surface area contributed by atoms with Gasteiger partial charge in [0.25, 0.3) is 5.91 Å². The number of rotatable bonds is 6. The largest absolute Gasteiger partial charge is 0.454 e. The number of piperidine rings is 1. The number of hydrogen-bond acceptors (Lipinski definition) is 4. The summed E-state index contributed by atoms with van der Waals surface area (Å²) in [6.07, 6.45) is 5.47. The average molecular weight is 379 g/mol. The summed E-state index contributed by atoms with van der Waals surface area (Å²) in [4.78, 5) is 14.6. The number of aliphatic hydroxyl groups is 1. The van der Waals surface area contributed by atoms with Crippen LogP contribution < -0.4 is 0 Å². The molecule has 0 radical (unpaired) electrons. The van der Waals surface area contributed by atoms with Gasteiger partial charge in [-0.1, -0.05) is 30.3 Å². The lowest BCUT2D eigenvalue weighted by Crippen LogP contribution is -2.41. The molecule has 28 heavy (non-hydrogen) atoms. The lowest BCUT2D eigenvalue weighted by Gasteiger charge is -2.34. The van der Waals surface area contributed by atoms with Crippen molar-refractivity contribution in [3.8, 4) is 0 Å². The van der Waals surface area contributed by atoms with E-state index >= 15 is 0 Å². The highest BCUT2D eigenvalue weighted by atomic mass is 16.4. The van der Waals surface area contributed by atoms with Crippen LogP contribution in [0.15, 0.2) is 65.3 Å². The van der Waals surface area contributed by atoms with Gasteiger partial charge < -0.3 is 14.4 Å². The van der Waals surface area contributed by atoms with Crippen molar-refractivity contribution in [2.45, 2.75) is 31.9 Å². The normalized spacial score (nSPS) is 16.2. The first kappa shape index (κ1) is 18.5. The van der Waals surface area contributed by atoms with Crippen LogP contribution in [0, 0.1) is 5.92 Å². The molecule has 1 N–H and O–H groups in total. The molecule has 0 saturated carbocycles. The van der Waals surface area contributed by atoms with Crippen molar-refractivity contribution in [3.63, 3.8) is 0 Å². The van der Waals surface area contributed by atoms with Gasteiger partial charge >= 0.3 is 0 Å². The predicted molar refractivity (Wildman–Crippen MR) is 105 cm³/mol. The van der Waals surface area contributed by atoms with Crippen molar-refractivity contribution in [2.24, 2.45) is 5.92 Å². The van der Waals surface area contributed by atoms with E-state index in [-0.39, 0.29) is 17.9 Å². The monoisotopic (exact) mass is 379 g/mol. The van der Waals surface area contributed by atoms with Crippen molar-refractivity contribution >= 4 is 5.91 Å². The third kappa shape index (κ3) is 4.34. The quantitative estimate of drug-likeness (QED) is 0.715. The van der Waals surface area contributed by atoms with Crippen molar-refractivity contribution in [3.05, 3.63) is 78.0 Å². The molecule has 0 unspecified atom stereocenters. The van der Waals surface area contributed by atoms with E-state index in [1.54, 1.807) is 16.9 Å². The first-order valence-electron chi connectivity index (χ1n) is 9.76.